The van der Waals surface area contributed by atoms with Crippen molar-refractivity contribution in [2.24, 2.45) is 0 Å². The fourth-order valence-corrected chi connectivity index (χ4v) is 5.49. The number of unbranched alkanes of at least 4 members (excludes halogenated alkanes) is 10. The van der Waals surface area contributed by atoms with Crippen LogP contribution in [0.3, 0.4) is 0 Å². The number of esters is 3. The number of ether oxygens (including phenoxy) is 3. The number of rotatable bonds is 38. The predicted molar refractivity (Wildman–Crippen MR) is 251 cm³/mol. The van der Waals surface area contributed by atoms with Crippen molar-refractivity contribution in [2.45, 2.75) is 168 Å². The Morgan fingerprint density at radius 2 is 0.780 bits per heavy atom. The number of hydrogen-bond acceptors (Lipinski definition) is 6. The Kier molecular flexibility index (Phi) is 42.8. The maximum Gasteiger partial charge on any atom is 0.309 e. The first-order valence-corrected chi connectivity index (χ1v) is 22.8. The summed E-state index contributed by atoms with van der Waals surface area (Å²) in [5, 5.41) is 0. The van der Waals surface area contributed by atoms with E-state index in [0.717, 1.165) is 70.6 Å². The van der Waals surface area contributed by atoms with Crippen molar-refractivity contribution in [3.05, 3.63) is 134 Å². The molecule has 0 aliphatic rings. The summed E-state index contributed by atoms with van der Waals surface area (Å²) in [7, 11) is 0. The molecule has 1 unspecified atom stereocenters. The zero-order chi connectivity index (χ0) is 43.0. The van der Waals surface area contributed by atoms with Crippen LogP contribution in [0.1, 0.15) is 162 Å². The summed E-state index contributed by atoms with van der Waals surface area (Å²) in [4.78, 5) is 37.6. The summed E-state index contributed by atoms with van der Waals surface area (Å²) < 4.78 is 16.5. The molecule has 6 nitrogen and oxygen atoms in total. The van der Waals surface area contributed by atoms with Crippen molar-refractivity contribution in [1.82, 2.24) is 0 Å². The van der Waals surface area contributed by atoms with E-state index in [-0.39, 0.29) is 32.0 Å². The van der Waals surface area contributed by atoms with E-state index in [1.54, 1.807) is 6.08 Å². The zero-order valence-corrected chi connectivity index (χ0v) is 37.2. The normalized spacial score (nSPS) is 13.3. The number of carbonyl (C=O) groups excluding carboxylic acids is 3. The van der Waals surface area contributed by atoms with Gasteiger partial charge in [0.2, 0.25) is 0 Å². The standard InChI is InChI=1S/C53H80O6/c1-4-7-10-13-16-19-21-23-24-25-26-27-28-30-31-34-37-40-43-46-52(55)58-49-50(48-57-51(54)45-42-39-36-33-18-15-12-9-6-3)59-53(56)47-44-41-38-35-32-29-22-20-17-14-11-8-5-2/h7-12,14,16-20,22-24,29,32-33,35,38-39,42,50H,4-6,13,15,21,25-28,30-31,34,36-37,40-41,43-49H2,1-3H3/b10-7-,11-8-,12-9-,17-14-,19-16-,22-20-,24-23-,32-29-,33-18-,38-35-,42-39-. The molecular weight excluding hydrogens is 733 g/mol. The van der Waals surface area contributed by atoms with Crippen molar-refractivity contribution >= 4 is 17.9 Å². The van der Waals surface area contributed by atoms with Crippen LogP contribution in [0, 0.1) is 0 Å². The van der Waals surface area contributed by atoms with Crippen LogP contribution in [-0.4, -0.2) is 37.2 Å². The van der Waals surface area contributed by atoms with Crippen molar-refractivity contribution in [3.63, 3.8) is 0 Å². The third-order valence-electron chi connectivity index (χ3n) is 8.79. The molecule has 59 heavy (non-hydrogen) atoms. The lowest BCUT2D eigenvalue weighted by molar-refractivity contribution is -0.166. The molecule has 328 valence electrons. The minimum Gasteiger partial charge on any atom is -0.462 e. The maximum absolute atomic E-state index is 12.7. The van der Waals surface area contributed by atoms with Gasteiger partial charge in [-0.2, -0.15) is 0 Å². The molecule has 0 fully saturated rings. The van der Waals surface area contributed by atoms with Gasteiger partial charge in [-0.25, -0.2) is 0 Å². The van der Waals surface area contributed by atoms with Gasteiger partial charge >= 0.3 is 17.9 Å². The largest absolute Gasteiger partial charge is 0.462 e. The molecule has 0 amide bonds. The van der Waals surface area contributed by atoms with Crippen molar-refractivity contribution < 1.29 is 28.6 Å². The highest BCUT2D eigenvalue weighted by atomic mass is 16.6. The van der Waals surface area contributed by atoms with Crippen LogP contribution in [0.4, 0.5) is 0 Å². The third-order valence-corrected chi connectivity index (χ3v) is 8.79. The van der Waals surface area contributed by atoms with Gasteiger partial charge < -0.3 is 14.2 Å². The molecule has 0 N–H and O–H groups in total. The van der Waals surface area contributed by atoms with Gasteiger partial charge in [0.25, 0.3) is 0 Å². The predicted octanol–water partition coefficient (Wildman–Crippen LogP) is 14.7. The number of carbonyl (C=O) groups is 3. The summed E-state index contributed by atoms with van der Waals surface area (Å²) in [6.45, 7) is 6.06. The van der Waals surface area contributed by atoms with Crippen molar-refractivity contribution in [2.75, 3.05) is 13.2 Å². The van der Waals surface area contributed by atoms with E-state index in [9.17, 15) is 14.4 Å². The molecule has 0 aromatic rings. The zero-order valence-electron chi connectivity index (χ0n) is 37.2. The molecule has 0 saturated heterocycles. The number of allylic oxidation sites excluding steroid dienone is 21. The summed E-state index contributed by atoms with van der Waals surface area (Å²) in [5.74, 6) is -1.17. The highest BCUT2D eigenvalue weighted by Crippen LogP contribution is 2.13. The average molecular weight is 813 g/mol. The Morgan fingerprint density at radius 1 is 0.373 bits per heavy atom. The first-order valence-electron chi connectivity index (χ1n) is 22.8. The second-order valence-electron chi connectivity index (χ2n) is 14.3. The van der Waals surface area contributed by atoms with Gasteiger partial charge in [-0.15, -0.1) is 0 Å². The van der Waals surface area contributed by atoms with Crippen molar-refractivity contribution in [3.8, 4) is 0 Å². The van der Waals surface area contributed by atoms with Crippen LogP contribution >= 0.6 is 0 Å². The Labute approximate surface area is 360 Å². The van der Waals surface area contributed by atoms with Gasteiger partial charge in [-0.3, -0.25) is 14.4 Å². The Bertz CT molecular complexity index is 1350. The molecule has 1 atom stereocenters. The van der Waals surface area contributed by atoms with Gasteiger partial charge in [-0.05, 0) is 77.0 Å². The van der Waals surface area contributed by atoms with E-state index in [1.165, 1.54) is 38.5 Å². The molecule has 0 aliphatic carbocycles. The lowest BCUT2D eigenvalue weighted by Crippen LogP contribution is -2.30. The molecule has 6 heteroatoms. The quantitative estimate of drug-likeness (QED) is 0.0203. The van der Waals surface area contributed by atoms with Gasteiger partial charge in [-0.1, -0.05) is 199 Å². The molecule has 0 saturated carbocycles. The molecule has 0 spiro atoms. The second kappa shape index (κ2) is 46.2. The van der Waals surface area contributed by atoms with E-state index in [4.69, 9.17) is 14.2 Å². The minimum atomic E-state index is -0.855. The summed E-state index contributed by atoms with van der Waals surface area (Å²) in [5.41, 5.74) is 0. The monoisotopic (exact) mass is 813 g/mol. The maximum atomic E-state index is 12.7. The van der Waals surface area contributed by atoms with Crippen molar-refractivity contribution in [1.29, 1.82) is 0 Å². The SMILES string of the molecule is CC\C=C/C=C\C=C/C=C\C=C/CCCC(=O)OC(COC(=O)C/C=C\C/C=C\C/C=C\CC)COC(=O)CCCCCCCCCCC/C=C\C/C=C\C/C=C\CC. The van der Waals surface area contributed by atoms with Crippen LogP contribution in [0.5, 0.6) is 0 Å². The fraction of sp³-hybridized carbons (Fsp3) is 0.528. The van der Waals surface area contributed by atoms with E-state index in [0.29, 0.717) is 19.3 Å². The Morgan fingerprint density at radius 3 is 1.34 bits per heavy atom. The molecule has 0 aliphatic heterocycles. The Balaban J connectivity index is 4.50. The van der Waals surface area contributed by atoms with Crippen LogP contribution < -0.4 is 0 Å². The fourth-order valence-electron chi connectivity index (χ4n) is 5.49. The molecular formula is C53H80O6. The van der Waals surface area contributed by atoms with Crippen LogP contribution in [0.2, 0.25) is 0 Å². The molecule has 0 radical (unpaired) electrons. The van der Waals surface area contributed by atoms with E-state index < -0.39 is 18.0 Å². The molecule has 0 rings (SSSR count). The third kappa shape index (κ3) is 44.5. The van der Waals surface area contributed by atoms with Gasteiger partial charge in [0.05, 0.1) is 6.42 Å². The lowest BCUT2D eigenvalue weighted by atomic mass is 10.1. The van der Waals surface area contributed by atoms with E-state index >= 15 is 0 Å². The molecule has 0 aromatic heterocycles. The van der Waals surface area contributed by atoms with Crippen LogP contribution in [0.15, 0.2) is 134 Å². The first kappa shape index (κ1) is 54.6. The first-order chi connectivity index (χ1) is 29.0. The average Bonchev–Trinajstić information content (AvgIpc) is 3.23. The van der Waals surface area contributed by atoms with Gasteiger partial charge in [0.1, 0.15) is 13.2 Å². The van der Waals surface area contributed by atoms with Crippen LogP contribution in [0.25, 0.3) is 0 Å². The van der Waals surface area contributed by atoms with Gasteiger partial charge in [0.15, 0.2) is 6.10 Å². The summed E-state index contributed by atoms with van der Waals surface area (Å²) >= 11 is 0. The summed E-state index contributed by atoms with van der Waals surface area (Å²) in [6, 6.07) is 0. The second-order valence-corrected chi connectivity index (χ2v) is 14.3. The molecule has 0 bridgehead atoms. The molecule has 0 heterocycles. The summed E-state index contributed by atoms with van der Waals surface area (Å²) in [6.07, 6.45) is 64.8. The minimum absolute atomic E-state index is 0.112. The topological polar surface area (TPSA) is 78.9 Å². The van der Waals surface area contributed by atoms with Crippen LogP contribution in [-0.2, 0) is 28.6 Å². The lowest BCUT2D eigenvalue weighted by Gasteiger charge is -2.18. The molecule has 0 aromatic carbocycles. The highest BCUT2D eigenvalue weighted by molar-refractivity contribution is 5.72. The Hall–Kier alpha value is -4.45. The highest BCUT2D eigenvalue weighted by Gasteiger charge is 2.19. The van der Waals surface area contributed by atoms with E-state index in [1.807, 2.05) is 60.8 Å². The van der Waals surface area contributed by atoms with E-state index in [2.05, 4.69) is 87.6 Å². The van der Waals surface area contributed by atoms with Gasteiger partial charge in [0, 0.05) is 12.8 Å². The number of hydrogen-bond donors (Lipinski definition) is 0. The smallest absolute Gasteiger partial charge is 0.309 e.